The summed E-state index contributed by atoms with van der Waals surface area (Å²) < 4.78 is 5.21. The molecule has 1 aromatic heterocycles. The molecule has 1 heterocycles. The highest BCUT2D eigenvalue weighted by Crippen LogP contribution is 2.23. The van der Waals surface area contributed by atoms with Crippen molar-refractivity contribution in [1.29, 1.82) is 0 Å². The predicted octanol–water partition coefficient (Wildman–Crippen LogP) is 3.44. The van der Waals surface area contributed by atoms with Gasteiger partial charge in [-0.1, -0.05) is 42.5 Å². The lowest BCUT2D eigenvalue weighted by Gasteiger charge is -2.19. The number of carbonyl (C=O) groups excluding carboxylic acids is 1. The van der Waals surface area contributed by atoms with Crippen LogP contribution < -0.4 is 15.4 Å². The van der Waals surface area contributed by atoms with Gasteiger partial charge in [-0.05, 0) is 30.5 Å². The molecule has 0 aliphatic carbocycles. The molecular weight excluding hydrogens is 344 g/mol. The zero-order chi connectivity index (χ0) is 18.4. The minimum Gasteiger partial charge on any atom is -0.497 e. The number of hydrogen-bond acceptors (Lipinski definition) is 3. The maximum atomic E-state index is 12.7. The van der Waals surface area contributed by atoms with Crippen LogP contribution in [0.3, 0.4) is 0 Å². The van der Waals surface area contributed by atoms with Gasteiger partial charge in [0.25, 0.3) is 5.91 Å². The molecule has 3 N–H and O–H groups in total. The molecule has 0 saturated heterocycles. The van der Waals surface area contributed by atoms with Crippen LogP contribution in [0.25, 0.3) is 0 Å². The number of nitrogens with one attached hydrogen (secondary N) is 1. The first-order valence-corrected chi connectivity index (χ1v) is 9.43. The molecule has 3 aromatic rings. The Morgan fingerprint density at radius 2 is 1.88 bits per heavy atom. The van der Waals surface area contributed by atoms with Crippen LogP contribution in [0.15, 0.2) is 72.1 Å². The van der Waals surface area contributed by atoms with Gasteiger partial charge in [-0.2, -0.15) is 0 Å². The molecule has 0 fully saturated rings. The first-order chi connectivity index (χ1) is 12.7. The van der Waals surface area contributed by atoms with E-state index < -0.39 is 0 Å². The molecule has 4 nitrogen and oxygen atoms in total. The number of ether oxygens (including phenoxy) is 1. The van der Waals surface area contributed by atoms with E-state index in [1.165, 1.54) is 10.4 Å². The van der Waals surface area contributed by atoms with E-state index in [4.69, 9.17) is 4.74 Å². The molecule has 5 heteroatoms. The second-order valence-corrected chi connectivity index (χ2v) is 7.09. The van der Waals surface area contributed by atoms with Gasteiger partial charge in [0.05, 0.1) is 12.0 Å². The first kappa shape index (κ1) is 18.2. The van der Waals surface area contributed by atoms with Gasteiger partial charge < -0.3 is 15.4 Å². The topological polar surface area (TPSA) is 54.9 Å². The number of methoxy groups -OCH3 is 1. The van der Waals surface area contributed by atoms with Gasteiger partial charge in [0.2, 0.25) is 0 Å². The summed E-state index contributed by atoms with van der Waals surface area (Å²) in [6.45, 7) is 1.93. The number of amides is 1. The van der Waals surface area contributed by atoms with Crippen molar-refractivity contribution in [1.82, 2.24) is 0 Å². The summed E-state index contributed by atoms with van der Waals surface area (Å²) in [6, 6.07) is 21.7. The highest BCUT2D eigenvalue weighted by Gasteiger charge is 2.25. The van der Waals surface area contributed by atoms with Crippen molar-refractivity contribution >= 4 is 22.9 Å². The fraction of sp³-hybridized carbons (Fsp3) is 0.190. The number of rotatable bonds is 7. The maximum absolute atomic E-state index is 12.7. The Bertz CT molecular complexity index is 834. The van der Waals surface area contributed by atoms with Crippen molar-refractivity contribution < 1.29 is 14.8 Å². The molecular formula is C21H23N2O2S+. The van der Waals surface area contributed by atoms with Crippen LogP contribution in [-0.4, -0.2) is 19.1 Å². The summed E-state index contributed by atoms with van der Waals surface area (Å²) in [4.78, 5) is 13.9. The summed E-state index contributed by atoms with van der Waals surface area (Å²) in [6.07, 6.45) is 0. The van der Waals surface area contributed by atoms with E-state index in [9.17, 15) is 4.79 Å². The molecule has 3 rings (SSSR count). The van der Waals surface area contributed by atoms with Gasteiger partial charge in [0.15, 0.2) is 6.04 Å². The normalized spacial score (nSPS) is 13.0. The van der Waals surface area contributed by atoms with Crippen LogP contribution in [0.4, 0.5) is 5.69 Å². The van der Waals surface area contributed by atoms with E-state index in [1.54, 1.807) is 18.4 Å². The molecule has 1 amide bonds. The Morgan fingerprint density at radius 1 is 1.08 bits per heavy atom. The number of anilines is 1. The Hall–Kier alpha value is -2.63. The lowest BCUT2D eigenvalue weighted by atomic mass is 10.0. The predicted molar refractivity (Wildman–Crippen MR) is 106 cm³/mol. The Morgan fingerprint density at radius 3 is 2.58 bits per heavy atom. The van der Waals surface area contributed by atoms with Crippen molar-refractivity contribution in [2.24, 2.45) is 0 Å². The highest BCUT2D eigenvalue weighted by atomic mass is 32.1. The molecule has 0 bridgehead atoms. The summed E-state index contributed by atoms with van der Waals surface area (Å²) in [5.74, 6) is 0.691. The van der Waals surface area contributed by atoms with E-state index in [0.717, 1.165) is 11.4 Å². The molecule has 0 radical (unpaired) electrons. The van der Waals surface area contributed by atoms with Crippen LogP contribution in [-0.2, 0) is 4.79 Å². The van der Waals surface area contributed by atoms with Gasteiger partial charge in [0, 0.05) is 17.3 Å². The van der Waals surface area contributed by atoms with Crippen molar-refractivity contribution in [3.8, 4) is 5.75 Å². The molecule has 2 atom stereocenters. The quantitative estimate of drug-likeness (QED) is 0.672. The van der Waals surface area contributed by atoms with Gasteiger partial charge in [-0.3, -0.25) is 4.79 Å². The third-order valence-electron chi connectivity index (χ3n) is 4.24. The fourth-order valence-corrected chi connectivity index (χ4v) is 3.66. The standard InChI is InChI=1S/C21H22N2O2S/c1-15(21(24)23-17-10-6-11-18(14-17)25-2)22-20(19-12-7-13-26-19)16-8-4-3-5-9-16/h3-15,20,22H,1-2H3,(H,23,24)/p+1/t15-,20-/m1/s1. The zero-order valence-electron chi connectivity index (χ0n) is 14.9. The SMILES string of the molecule is COc1cccc(NC(=O)[C@@H](C)[NH2+][C@H](c2ccccc2)c2cccs2)c1. The van der Waals surface area contributed by atoms with Gasteiger partial charge >= 0.3 is 0 Å². The zero-order valence-corrected chi connectivity index (χ0v) is 15.7. The third-order valence-corrected chi connectivity index (χ3v) is 5.20. The monoisotopic (exact) mass is 367 g/mol. The third kappa shape index (κ3) is 4.50. The molecule has 0 saturated carbocycles. The van der Waals surface area contributed by atoms with Crippen LogP contribution in [0.5, 0.6) is 5.75 Å². The van der Waals surface area contributed by atoms with E-state index in [0.29, 0.717) is 0 Å². The smallest absolute Gasteiger partial charge is 0.282 e. The minimum absolute atomic E-state index is 0.0317. The van der Waals surface area contributed by atoms with Crippen LogP contribution in [0, 0.1) is 0 Å². The Labute approximate surface area is 157 Å². The average molecular weight is 367 g/mol. The summed E-state index contributed by atoms with van der Waals surface area (Å²) in [5, 5.41) is 7.15. The maximum Gasteiger partial charge on any atom is 0.282 e. The molecule has 0 spiro atoms. The average Bonchev–Trinajstić information content (AvgIpc) is 3.21. The van der Waals surface area contributed by atoms with Crippen molar-refractivity contribution in [2.45, 2.75) is 19.0 Å². The number of benzene rings is 2. The number of nitrogens with two attached hydrogens (primary N) is 1. The van der Waals surface area contributed by atoms with Crippen LogP contribution >= 0.6 is 11.3 Å². The van der Waals surface area contributed by atoms with E-state index >= 15 is 0 Å². The number of thiophene rings is 1. The van der Waals surface area contributed by atoms with Gasteiger partial charge in [-0.15, -0.1) is 11.3 Å². The number of carbonyl (C=O) groups is 1. The van der Waals surface area contributed by atoms with Crippen molar-refractivity contribution in [2.75, 3.05) is 12.4 Å². The Balaban J connectivity index is 1.73. The summed E-state index contributed by atoms with van der Waals surface area (Å²) in [7, 11) is 1.61. The van der Waals surface area contributed by atoms with Crippen LogP contribution in [0.2, 0.25) is 0 Å². The number of hydrogen-bond donors (Lipinski definition) is 2. The lowest BCUT2D eigenvalue weighted by Crippen LogP contribution is -2.92. The largest absolute Gasteiger partial charge is 0.497 e. The first-order valence-electron chi connectivity index (χ1n) is 8.55. The fourth-order valence-electron chi connectivity index (χ4n) is 2.83. The molecule has 26 heavy (non-hydrogen) atoms. The molecule has 0 unspecified atom stereocenters. The molecule has 0 aliphatic heterocycles. The van der Waals surface area contributed by atoms with Gasteiger partial charge in [-0.25, -0.2) is 0 Å². The van der Waals surface area contributed by atoms with Gasteiger partial charge in [0.1, 0.15) is 11.8 Å². The highest BCUT2D eigenvalue weighted by molar-refractivity contribution is 7.10. The van der Waals surface area contributed by atoms with Crippen LogP contribution in [0.1, 0.15) is 23.4 Å². The second kappa shape index (κ2) is 8.65. The lowest BCUT2D eigenvalue weighted by molar-refractivity contribution is -0.703. The Kier molecular flexibility index (Phi) is 6.04. The van der Waals surface area contributed by atoms with Crippen molar-refractivity contribution in [3.05, 3.63) is 82.6 Å². The minimum atomic E-state index is -0.242. The molecule has 0 aliphatic rings. The van der Waals surface area contributed by atoms with E-state index in [-0.39, 0.29) is 18.0 Å². The van der Waals surface area contributed by atoms with Crippen molar-refractivity contribution in [3.63, 3.8) is 0 Å². The van der Waals surface area contributed by atoms with E-state index in [1.807, 2.05) is 55.5 Å². The van der Waals surface area contributed by atoms with E-state index in [2.05, 4.69) is 34.2 Å². The second-order valence-electron chi connectivity index (χ2n) is 6.11. The molecule has 2 aromatic carbocycles. The summed E-state index contributed by atoms with van der Waals surface area (Å²) in [5.41, 5.74) is 1.93. The molecule has 134 valence electrons. The summed E-state index contributed by atoms with van der Waals surface area (Å²) >= 11 is 1.71. The number of quaternary nitrogens is 1.